The van der Waals surface area contributed by atoms with Crippen LogP contribution in [0.4, 0.5) is 0 Å². The van der Waals surface area contributed by atoms with E-state index in [1.807, 2.05) is 11.3 Å². The minimum Gasteiger partial charge on any atom is -0.370 e. The smallest absolute Gasteiger partial charge is 0.0967 e. The molecule has 1 spiro atoms. The van der Waals surface area contributed by atoms with Crippen molar-refractivity contribution < 1.29 is 4.74 Å². The molecule has 2 aromatic rings. The molecule has 2 aliphatic heterocycles. The summed E-state index contributed by atoms with van der Waals surface area (Å²) in [5.41, 5.74) is 2.58. The lowest BCUT2D eigenvalue weighted by Crippen LogP contribution is -2.45. The fraction of sp³-hybridized carbons (Fsp3) is 0.700. The maximum Gasteiger partial charge on any atom is 0.0967 e. The van der Waals surface area contributed by atoms with Gasteiger partial charge in [0.05, 0.1) is 30.1 Å². The molecule has 0 N–H and O–H groups in total. The average Bonchev–Trinajstić information content (AvgIpc) is 3.23. The highest BCUT2D eigenvalue weighted by Gasteiger charge is 2.41. The van der Waals surface area contributed by atoms with Crippen molar-refractivity contribution in [2.45, 2.75) is 70.1 Å². The summed E-state index contributed by atoms with van der Waals surface area (Å²) in [5, 5.41) is 8.75. The fourth-order valence-corrected chi connectivity index (χ4v) is 5.76. The van der Waals surface area contributed by atoms with Crippen molar-refractivity contribution in [3.05, 3.63) is 33.3 Å². The van der Waals surface area contributed by atoms with Gasteiger partial charge in [-0.3, -0.25) is 4.90 Å². The monoisotopic (exact) mass is 372 g/mol. The molecule has 5 nitrogen and oxygen atoms in total. The molecule has 0 aromatic carbocycles. The van der Waals surface area contributed by atoms with Crippen molar-refractivity contribution in [1.29, 1.82) is 0 Å². The molecule has 26 heavy (non-hydrogen) atoms. The van der Waals surface area contributed by atoms with Gasteiger partial charge in [-0.2, -0.15) is 0 Å². The topological polar surface area (TPSA) is 43.2 Å². The van der Waals surface area contributed by atoms with Gasteiger partial charge in [0.25, 0.3) is 0 Å². The lowest BCUT2D eigenvalue weighted by Gasteiger charge is -2.44. The highest BCUT2D eigenvalue weighted by atomic mass is 32.1. The molecule has 0 amide bonds. The molecule has 0 radical (unpaired) electrons. The first kappa shape index (κ1) is 16.9. The number of aryl methyl sites for hydroxylation is 1. The molecule has 3 aliphatic rings. The van der Waals surface area contributed by atoms with Crippen molar-refractivity contribution in [3.63, 3.8) is 0 Å². The van der Waals surface area contributed by atoms with Gasteiger partial charge < -0.3 is 4.74 Å². The Morgan fingerprint density at radius 2 is 2.15 bits per heavy atom. The number of hydrogen-bond donors (Lipinski definition) is 0. The van der Waals surface area contributed by atoms with E-state index < -0.39 is 0 Å². The third kappa shape index (κ3) is 2.92. The van der Waals surface area contributed by atoms with E-state index in [4.69, 9.17) is 4.74 Å². The second-order valence-electron chi connectivity index (χ2n) is 8.05. The molecular weight excluding hydrogens is 344 g/mol. The van der Waals surface area contributed by atoms with Crippen LogP contribution in [0.1, 0.15) is 66.1 Å². The van der Waals surface area contributed by atoms with Crippen LogP contribution in [0.2, 0.25) is 0 Å². The summed E-state index contributed by atoms with van der Waals surface area (Å²) in [4.78, 5) is 5.60. The zero-order chi connectivity index (χ0) is 17.6. The normalized spacial score (nSPS) is 23.1. The van der Waals surface area contributed by atoms with Crippen LogP contribution in [0, 0.1) is 0 Å². The summed E-state index contributed by atoms with van der Waals surface area (Å²) in [7, 11) is 0. The first-order chi connectivity index (χ1) is 12.8. The fourth-order valence-electron chi connectivity index (χ4n) is 4.58. The Kier molecular flexibility index (Phi) is 4.38. The van der Waals surface area contributed by atoms with Gasteiger partial charge in [0, 0.05) is 35.8 Å². The molecule has 0 atom stereocenters. The molecule has 1 saturated heterocycles. The number of likely N-dealkylation sites (tertiary alicyclic amines) is 1. The van der Waals surface area contributed by atoms with Crippen LogP contribution in [0.5, 0.6) is 0 Å². The van der Waals surface area contributed by atoms with Gasteiger partial charge in [-0.05, 0) is 50.2 Å². The van der Waals surface area contributed by atoms with Crippen molar-refractivity contribution >= 4 is 11.3 Å². The van der Waals surface area contributed by atoms with Gasteiger partial charge >= 0.3 is 0 Å². The summed E-state index contributed by atoms with van der Waals surface area (Å²) in [5.74, 6) is 0. The number of rotatable bonds is 4. The lowest BCUT2D eigenvalue weighted by atomic mass is 9.82. The largest absolute Gasteiger partial charge is 0.370 e. The number of hydrogen-bond acceptors (Lipinski definition) is 5. The highest BCUT2D eigenvalue weighted by molar-refractivity contribution is 7.12. The SMILES string of the molecule is CCc1cc2c(s1)CCOC21CCN(Cc2cn(C3CCC3)nn2)CC1. The quantitative estimate of drug-likeness (QED) is 0.821. The van der Waals surface area contributed by atoms with E-state index in [0.29, 0.717) is 6.04 Å². The van der Waals surface area contributed by atoms with Gasteiger partial charge in [0.15, 0.2) is 0 Å². The first-order valence-electron chi connectivity index (χ1n) is 10.1. The van der Waals surface area contributed by atoms with Crippen molar-refractivity contribution in [3.8, 4) is 0 Å². The summed E-state index contributed by atoms with van der Waals surface area (Å²) in [6, 6.07) is 3.03. The molecule has 140 valence electrons. The van der Waals surface area contributed by atoms with Gasteiger partial charge in [0.2, 0.25) is 0 Å². The predicted molar refractivity (Wildman–Crippen MR) is 102 cm³/mol. The van der Waals surface area contributed by atoms with Crippen LogP contribution in [-0.4, -0.2) is 39.6 Å². The van der Waals surface area contributed by atoms with Gasteiger partial charge in [-0.1, -0.05) is 12.1 Å². The molecular formula is C20H28N4OS. The molecule has 2 fully saturated rings. The summed E-state index contributed by atoms with van der Waals surface area (Å²) >= 11 is 2.00. The maximum absolute atomic E-state index is 6.39. The summed E-state index contributed by atoms with van der Waals surface area (Å²) < 4.78 is 8.48. The van der Waals surface area contributed by atoms with Crippen LogP contribution in [0.25, 0.3) is 0 Å². The number of piperidine rings is 1. The number of thiophene rings is 1. The maximum atomic E-state index is 6.39. The molecule has 2 aromatic heterocycles. The number of aromatic nitrogens is 3. The molecule has 0 unspecified atom stereocenters. The van der Waals surface area contributed by atoms with Crippen molar-refractivity contribution in [2.75, 3.05) is 19.7 Å². The Morgan fingerprint density at radius 1 is 1.31 bits per heavy atom. The van der Waals surface area contributed by atoms with E-state index in [0.717, 1.165) is 57.6 Å². The van der Waals surface area contributed by atoms with Crippen LogP contribution in [0.3, 0.4) is 0 Å². The lowest BCUT2D eigenvalue weighted by molar-refractivity contribution is -0.0982. The van der Waals surface area contributed by atoms with Gasteiger partial charge in [-0.25, -0.2) is 4.68 Å². The zero-order valence-corrected chi connectivity index (χ0v) is 16.4. The van der Waals surface area contributed by atoms with Crippen molar-refractivity contribution in [2.24, 2.45) is 0 Å². The molecule has 1 saturated carbocycles. The molecule has 4 heterocycles. The van der Waals surface area contributed by atoms with Crippen LogP contribution < -0.4 is 0 Å². The molecule has 5 rings (SSSR count). The van der Waals surface area contributed by atoms with E-state index in [9.17, 15) is 0 Å². The standard InChI is InChI=1S/C20H28N4OS/c1-2-17-12-18-19(26-17)6-11-25-20(18)7-9-23(10-8-20)13-15-14-24(22-21-15)16-4-3-5-16/h12,14,16H,2-11,13H2,1H3. The number of nitrogens with zero attached hydrogens (tertiary/aromatic N) is 4. The van der Waals surface area contributed by atoms with E-state index >= 15 is 0 Å². The van der Waals surface area contributed by atoms with Crippen LogP contribution >= 0.6 is 11.3 Å². The van der Waals surface area contributed by atoms with E-state index in [-0.39, 0.29) is 5.60 Å². The second kappa shape index (κ2) is 6.73. The number of ether oxygens (including phenoxy) is 1. The first-order valence-corrected chi connectivity index (χ1v) is 11.0. The third-order valence-corrected chi connectivity index (χ3v) is 7.80. The van der Waals surface area contributed by atoms with E-state index in [2.05, 4.69) is 39.1 Å². The minimum atomic E-state index is -0.0302. The Hall–Kier alpha value is -1.24. The van der Waals surface area contributed by atoms with E-state index in [1.165, 1.54) is 29.7 Å². The zero-order valence-electron chi connectivity index (χ0n) is 15.6. The predicted octanol–water partition coefficient (Wildman–Crippen LogP) is 3.69. The summed E-state index contributed by atoms with van der Waals surface area (Å²) in [6.45, 7) is 6.20. The van der Waals surface area contributed by atoms with E-state index in [1.54, 1.807) is 4.88 Å². The van der Waals surface area contributed by atoms with Gasteiger partial charge in [0.1, 0.15) is 0 Å². The van der Waals surface area contributed by atoms with Gasteiger partial charge in [-0.15, -0.1) is 16.4 Å². The Morgan fingerprint density at radius 3 is 2.88 bits per heavy atom. The van der Waals surface area contributed by atoms with Crippen LogP contribution in [0.15, 0.2) is 12.3 Å². The Bertz CT molecular complexity index is 771. The summed E-state index contributed by atoms with van der Waals surface area (Å²) in [6.07, 6.45) is 10.4. The number of fused-ring (bicyclic) bond motifs is 2. The molecule has 6 heteroatoms. The molecule has 0 bridgehead atoms. The average molecular weight is 373 g/mol. The highest BCUT2D eigenvalue weighted by Crippen LogP contribution is 2.44. The van der Waals surface area contributed by atoms with Crippen molar-refractivity contribution in [1.82, 2.24) is 19.9 Å². The Balaban J connectivity index is 1.25. The third-order valence-electron chi connectivity index (χ3n) is 6.46. The second-order valence-corrected chi connectivity index (χ2v) is 9.27. The minimum absolute atomic E-state index is 0.0302. The molecule has 1 aliphatic carbocycles. The Labute approximate surface area is 159 Å². The van der Waals surface area contributed by atoms with Crippen LogP contribution in [-0.2, 0) is 29.7 Å².